The molecular weight excluding hydrogens is 316 g/mol. The summed E-state index contributed by atoms with van der Waals surface area (Å²) in [7, 11) is 0. The third-order valence-corrected chi connectivity index (χ3v) is 5.95. The number of carboxylic acid groups (broad SMARTS) is 2. The summed E-state index contributed by atoms with van der Waals surface area (Å²) < 4.78 is 0. The molecule has 4 nitrogen and oxygen atoms in total. The van der Waals surface area contributed by atoms with Gasteiger partial charge in [-0.05, 0) is 37.0 Å². The fourth-order valence-corrected chi connectivity index (χ4v) is 5.09. The Balaban J connectivity index is 3.24. The van der Waals surface area contributed by atoms with Crippen LogP contribution in [0.2, 0.25) is 0 Å². The van der Waals surface area contributed by atoms with Crippen molar-refractivity contribution in [1.82, 2.24) is 0 Å². The van der Waals surface area contributed by atoms with E-state index in [-0.39, 0.29) is 24.2 Å². The lowest BCUT2D eigenvalue weighted by molar-refractivity contribution is -0.164. The molecule has 1 aliphatic rings. The molecule has 144 valence electrons. The molecule has 0 aromatic heterocycles. The van der Waals surface area contributed by atoms with E-state index in [0.717, 1.165) is 25.7 Å². The number of unbranched alkanes of at least 4 members (excludes halogenated alkanes) is 3. The smallest absolute Gasteiger partial charge is 0.313 e. The lowest BCUT2D eigenvalue weighted by Crippen LogP contribution is -2.50. The maximum absolute atomic E-state index is 12.4. The third kappa shape index (κ3) is 4.65. The van der Waals surface area contributed by atoms with Gasteiger partial charge in [-0.3, -0.25) is 9.59 Å². The molecule has 0 aliphatic heterocycles. The van der Waals surface area contributed by atoms with Gasteiger partial charge >= 0.3 is 11.9 Å². The second-order valence-electron chi connectivity index (χ2n) is 8.53. The van der Waals surface area contributed by atoms with Crippen molar-refractivity contribution in [3.8, 4) is 0 Å². The van der Waals surface area contributed by atoms with Gasteiger partial charge < -0.3 is 10.2 Å². The molecule has 0 saturated carbocycles. The molecule has 0 fully saturated rings. The van der Waals surface area contributed by atoms with Gasteiger partial charge in [-0.25, -0.2) is 0 Å². The molecule has 0 heterocycles. The summed E-state index contributed by atoms with van der Waals surface area (Å²) in [6.07, 6.45) is 8.76. The molecule has 1 rings (SSSR count). The van der Waals surface area contributed by atoms with E-state index in [1.54, 1.807) is 6.08 Å². The normalized spacial score (nSPS) is 26.6. The Kier molecular flexibility index (Phi) is 7.70. The van der Waals surface area contributed by atoms with Crippen LogP contribution in [0.15, 0.2) is 12.2 Å². The fraction of sp³-hybridized carbons (Fsp3) is 0.810. The Morgan fingerprint density at radius 2 is 1.60 bits per heavy atom. The predicted octanol–water partition coefficient (Wildman–Crippen LogP) is 5.38. The van der Waals surface area contributed by atoms with Gasteiger partial charge in [-0.1, -0.05) is 72.5 Å². The van der Waals surface area contributed by atoms with E-state index in [2.05, 4.69) is 34.6 Å². The average molecular weight is 353 g/mol. The number of carbonyl (C=O) groups is 2. The van der Waals surface area contributed by atoms with Crippen molar-refractivity contribution >= 4 is 11.9 Å². The standard InChI is InChI=1S/C21H36O4/c1-6-7-8-9-11-20(18(22)23)12-10-13-21(14-20,19(24)25)17(15(2)3)16(4)5/h10,12,15-17H,6-9,11,13-14H2,1-5H3,(H,22,23)(H,24,25). The lowest BCUT2D eigenvalue weighted by Gasteiger charge is -2.47. The first kappa shape index (κ1) is 21.7. The van der Waals surface area contributed by atoms with Gasteiger partial charge in [0, 0.05) is 0 Å². The number of allylic oxidation sites excluding steroid dienone is 1. The van der Waals surface area contributed by atoms with Crippen molar-refractivity contribution in [3.63, 3.8) is 0 Å². The Bertz CT molecular complexity index is 486. The first-order chi connectivity index (χ1) is 11.6. The van der Waals surface area contributed by atoms with Crippen molar-refractivity contribution in [2.24, 2.45) is 28.6 Å². The Labute approximate surface area is 152 Å². The summed E-state index contributed by atoms with van der Waals surface area (Å²) in [5.41, 5.74) is -2.05. The van der Waals surface area contributed by atoms with Crippen LogP contribution in [-0.4, -0.2) is 22.2 Å². The number of hydrogen-bond donors (Lipinski definition) is 2. The van der Waals surface area contributed by atoms with Crippen LogP contribution in [0.3, 0.4) is 0 Å². The first-order valence-electron chi connectivity index (χ1n) is 9.77. The molecule has 2 N–H and O–H groups in total. The highest BCUT2D eigenvalue weighted by atomic mass is 16.4. The van der Waals surface area contributed by atoms with Gasteiger partial charge in [0.25, 0.3) is 0 Å². The van der Waals surface area contributed by atoms with Gasteiger partial charge in [-0.15, -0.1) is 0 Å². The van der Waals surface area contributed by atoms with Crippen molar-refractivity contribution in [1.29, 1.82) is 0 Å². The molecule has 0 bridgehead atoms. The number of hydrogen-bond acceptors (Lipinski definition) is 2. The number of carboxylic acids is 2. The molecule has 0 spiro atoms. The minimum Gasteiger partial charge on any atom is -0.481 e. The van der Waals surface area contributed by atoms with Crippen LogP contribution in [-0.2, 0) is 9.59 Å². The van der Waals surface area contributed by atoms with Gasteiger partial charge in [0.15, 0.2) is 0 Å². The van der Waals surface area contributed by atoms with Crippen LogP contribution < -0.4 is 0 Å². The Morgan fingerprint density at radius 3 is 2.04 bits per heavy atom. The molecular formula is C21H36O4. The maximum atomic E-state index is 12.4. The van der Waals surface area contributed by atoms with Crippen LogP contribution in [0.1, 0.15) is 79.6 Å². The quantitative estimate of drug-likeness (QED) is 0.409. The summed E-state index contributed by atoms with van der Waals surface area (Å²) in [6, 6.07) is 0. The van der Waals surface area contributed by atoms with E-state index in [1.165, 1.54) is 0 Å². The van der Waals surface area contributed by atoms with E-state index in [0.29, 0.717) is 12.8 Å². The summed E-state index contributed by atoms with van der Waals surface area (Å²) in [5, 5.41) is 20.1. The third-order valence-electron chi connectivity index (χ3n) is 5.95. The molecule has 0 aromatic rings. The molecule has 0 radical (unpaired) electrons. The topological polar surface area (TPSA) is 74.6 Å². The van der Waals surface area contributed by atoms with Gasteiger partial charge in [0.05, 0.1) is 10.8 Å². The molecule has 0 saturated heterocycles. The summed E-state index contributed by atoms with van der Waals surface area (Å²) in [4.78, 5) is 24.6. The molecule has 1 aliphatic carbocycles. The van der Waals surface area contributed by atoms with E-state index in [4.69, 9.17) is 0 Å². The second-order valence-corrected chi connectivity index (χ2v) is 8.53. The zero-order chi connectivity index (χ0) is 19.3. The average Bonchev–Trinajstić information content (AvgIpc) is 2.51. The highest BCUT2D eigenvalue weighted by Gasteiger charge is 2.55. The second kappa shape index (κ2) is 8.86. The number of aliphatic carboxylic acids is 2. The molecule has 25 heavy (non-hydrogen) atoms. The Hall–Kier alpha value is -1.32. The minimum atomic E-state index is -1.05. The van der Waals surface area contributed by atoms with E-state index in [9.17, 15) is 19.8 Å². The van der Waals surface area contributed by atoms with Crippen molar-refractivity contribution in [2.75, 3.05) is 0 Å². The van der Waals surface area contributed by atoms with Crippen LogP contribution in [0.4, 0.5) is 0 Å². The van der Waals surface area contributed by atoms with Gasteiger partial charge in [-0.2, -0.15) is 0 Å². The summed E-state index contributed by atoms with van der Waals surface area (Å²) in [6.45, 7) is 10.3. The fourth-order valence-electron chi connectivity index (χ4n) is 5.09. The van der Waals surface area contributed by atoms with E-state index >= 15 is 0 Å². The number of rotatable bonds is 10. The molecule has 0 aromatic carbocycles. The zero-order valence-corrected chi connectivity index (χ0v) is 16.5. The van der Waals surface area contributed by atoms with Crippen LogP contribution >= 0.6 is 0 Å². The zero-order valence-electron chi connectivity index (χ0n) is 16.5. The van der Waals surface area contributed by atoms with Crippen molar-refractivity contribution in [3.05, 3.63) is 12.2 Å². The Morgan fingerprint density at radius 1 is 1.00 bits per heavy atom. The minimum absolute atomic E-state index is 0.0516. The van der Waals surface area contributed by atoms with Crippen LogP contribution in [0, 0.1) is 28.6 Å². The van der Waals surface area contributed by atoms with Crippen molar-refractivity contribution < 1.29 is 19.8 Å². The molecule has 2 unspecified atom stereocenters. The lowest BCUT2D eigenvalue weighted by atomic mass is 9.54. The molecule has 4 heteroatoms. The van der Waals surface area contributed by atoms with Crippen LogP contribution in [0.5, 0.6) is 0 Å². The van der Waals surface area contributed by atoms with Crippen molar-refractivity contribution in [2.45, 2.75) is 79.6 Å². The SMILES string of the molecule is CCCCCCC1(C(=O)O)C=CCC(C(=O)O)(C(C(C)C)C(C)C)C1. The van der Waals surface area contributed by atoms with Gasteiger partial charge in [0.1, 0.15) is 0 Å². The summed E-state index contributed by atoms with van der Waals surface area (Å²) in [5.74, 6) is -1.40. The molecule has 2 atom stereocenters. The monoisotopic (exact) mass is 352 g/mol. The van der Waals surface area contributed by atoms with Crippen LogP contribution in [0.25, 0.3) is 0 Å². The maximum Gasteiger partial charge on any atom is 0.313 e. The van der Waals surface area contributed by atoms with E-state index in [1.807, 2.05) is 6.08 Å². The van der Waals surface area contributed by atoms with Gasteiger partial charge in [0.2, 0.25) is 0 Å². The predicted molar refractivity (Wildman–Crippen MR) is 100 cm³/mol. The largest absolute Gasteiger partial charge is 0.481 e. The highest BCUT2D eigenvalue weighted by Crippen LogP contribution is 2.53. The summed E-state index contributed by atoms with van der Waals surface area (Å²) >= 11 is 0. The highest BCUT2D eigenvalue weighted by molar-refractivity contribution is 5.82. The first-order valence-corrected chi connectivity index (χ1v) is 9.77. The molecule has 0 amide bonds. The van der Waals surface area contributed by atoms with E-state index < -0.39 is 22.8 Å².